The quantitative estimate of drug-likeness (QED) is 0.126. The largest absolute Gasteiger partial charge is 0.490 e. The molecular formula is C37H35F4N5O4S. The van der Waals surface area contributed by atoms with E-state index in [0.717, 1.165) is 17.8 Å². The number of methoxy groups -OCH3 is 1. The number of fused-ring (bicyclic) bond motifs is 3. The van der Waals surface area contributed by atoms with Crippen LogP contribution in [0.5, 0.6) is 5.75 Å². The Bertz CT molecular complexity index is 2150. The number of ether oxygens (including phenoxy) is 2. The maximum atomic E-state index is 16.1. The van der Waals surface area contributed by atoms with E-state index >= 15 is 13.2 Å². The van der Waals surface area contributed by atoms with Crippen molar-refractivity contribution < 1.29 is 36.9 Å². The van der Waals surface area contributed by atoms with E-state index in [0.29, 0.717) is 64.4 Å². The van der Waals surface area contributed by atoms with Crippen LogP contribution in [0.3, 0.4) is 0 Å². The molecule has 0 aliphatic carbocycles. The third-order valence-corrected chi connectivity index (χ3v) is 10.3. The van der Waals surface area contributed by atoms with Gasteiger partial charge in [-0.15, -0.1) is 11.3 Å². The van der Waals surface area contributed by atoms with Crippen molar-refractivity contribution in [2.75, 3.05) is 46.6 Å². The minimum Gasteiger partial charge on any atom is -0.490 e. The van der Waals surface area contributed by atoms with E-state index < -0.39 is 24.1 Å². The third kappa shape index (κ3) is 6.30. The molecule has 0 spiro atoms. The Kier molecular flexibility index (Phi) is 9.44. The smallest absolute Gasteiger partial charge is 0.285 e. The molecule has 0 saturated heterocycles. The van der Waals surface area contributed by atoms with E-state index in [1.54, 1.807) is 32.7 Å². The lowest BCUT2D eigenvalue weighted by molar-refractivity contribution is -0.129. The Morgan fingerprint density at radius 1 is 1.12 bits per heavy atom. The second-order valence-corrected chi connectivity index (χ2v) is 13.5. The number of aliphatic hydroxyl groups excluding tert-OH is 1. The fourth-order valence-electron chi connectivity index (χ4n) is 7.03. The van der Waals surface area contributed by atoms with Gasteiger partial charge in [0.15, 0.2) is 0 Å². The molecule has 0 bridgehead atoms. The molecule has 1 N–H and O–H groups in total. The minimum atomic E-state index is -3.07. The monoisotopic (exact) mass is 721 g/mol. The Hall–Kier alpha value is -4.63. The van der Waals surface area contributed by atoms with Crippen molar-refractivity contribution in [2.24, 2.45) is 0 Å². The molecule has 14 heteroatoms. The van der Waals surface area contributed by atoms with Crippen LogP contribution in [0.15, 0.2) is 60.5 Å². The second kappa shape index (κ2) is 13.8. The Balaban J connectivity index is 1.46. The first kappa shape index (κ1) is 34.8. The normalized spacial score (nSPS) is 17.0. The van der Waals surface area contributed by atoms with Gasteiger partial charge in [0.05, 0.1) is 49.3 Å². The molecule has 5 heterocycles. The average Bonchev–Trinajstić information content (AvgIpc) is 3.77. The van der Waals surface area contributed by atoms with Gasteiger partial charge in [-0.3, -0.25) is 14.4 Å². The summed E-state index contributed by atoms with van der Waals surface area (Å²) >= 11 is 1.31. The van der Waals surface area contributed by atoms with Crippen molar-refractivity contribution in [3.8, 4) is 39.5 Å². The maximum absolute atomic E-state index is 16.1. The summed E-state index contributed by atoms with van der Waals surface area (Å²) in [7, 11) is 1.53. The lowest BCUT2D eigenvalue weighted by Gasteiger charge is -2.34. The number of nitrogens with zero attached hydrogens (tertiary/aromatic N) is 5. The number of aliphatic hydroxyl groups is 1. The zero-order valence-corrected chi connectivity index (χ0v) is 28.8. The molecule has 5 aromatic rings. The molecule has 266 valence electrons. The topological polar surface area (TPSA) is 93.0 Å². The van der Waals surface area contributed by atoms with Crippen molar-refractivity contribution in [1.82, 2.24) is 24.6 Å². The molecule has 7 rings (SSSR count). The van der Waals surface area contributed by atoms with E-state index in [1.807, 2.05) is 18.4 Å². The van der Waals surface area contributed by atoms with Crippen LogP contribution in [0.4, 0.5) is 17.6 Å². The van der Waals surface area contributed by atoms with Gasteiger partial charge in [-0.2, -0.15) is 13.9 Å². The molecule has 0 radical (unpaired) electrons. The SMILES string of the molecule is C=CC(=O)N1CCn2nc(-c3nc(-c4ccc5c(c4)CN(CCOC)CC5(F)F)c4ccsc4c3-c3c(F)cc(F)cc3OCCO)cc2[C@H]1C. The van der Waals surface area contributed by atoms with E-state index in [4.69, 9.17) is 19.6 Å². The van der Waals surface area contributed by atoms with Crippen LogP contribution in [0.25, 0.3) is 43.9 Å². The number of alkyl halides is 2. The first-order valence-corrected chi connectivity index (χ1v) is 17.3. The summed E-state index contributed by atoms with van der Waals surface area (Å²) < 4.78 is 74.6. The number of carbonyl (C=O) groups is 1. The van der Waals surface area contributed by atoms with Gasteiger partial charge in [-0.1, -0.05) is 18.7 Å². The molecule has 9 nitrogen and oxygen atoms in total. The molecule has 3 aromatic heterocycles. The zero-order valence-electron chi connectivity index (χ0n) is 28.0. The highest BCUT2D eigenvalue weighted by Crippen LogP contribution is 2.48. The van der Waals surface area contributed by atoms with Gasteiger partial charge in [-0.05, 0) is 42.1 Å². The van der Waals surface area contributed by atoms with Crippen LogP contribution in [0.2, 0.25) is 0 Å². The summed E-state index contributed by atoms with van der Waals surface area (Å²) in [4.78, 5) is 21.1. The van der Waals surface area contributed by atoms with Crippen molar-refractivity contribution >= 4 is 27.3 Å². The summed E-state index contributed by atoms with van der Waals surface area (Å²) in [6.07, 6.45) is 1.26. The van der Waals surface area contributed by atoms with E-state index in [2.05, 4.69) is 6.58 Å². The molecule has 0 saturated carbocycles. The molecule has 2 aliphatic rings. The summed E-state index contributed by atoms with van der Waals surface area (Å²) in [6.45, 7) is 6.19. The van der Waals surface area contributed by atoms with Crippen LogP contribution in [-0.2, 0) is 28.5 Å². The fourth-order valence-corrected chi connectivity index (χ4v) is 7.98. The standard InChI is InChI=1S/C37H35F4N5O4S/c1-4-31(48)45-8-9-46-29(21(45)2)18-28(43-46)35-33(32-27(39)16-24(38)17-30(32)50-13-11-47)36-25(7-14-51-36)34(42-35)22-5-6-26-23(15-22)19-44(10-12-49-3)20-37(26,40)41/h4-7,14-18,21,47H,1,8-13,19-20H2,2-3H3/t21-/m1/s1. The van der Waals surface area contributed by atoms with Gasteiger partial charge < -0.3 is 19.5 Å². The van der Waals surface area contributed by atoms with Crippen LogP contribution in [-0.4, -0.2) is 82.1 Å². The minimum absolute atomic E-state index is 0.0493. The Labute approximate surface area is 295 Å². The summed E-state index contributed by atoms with van der Waals surface area (Å²) in [6, 6.07) is 9.84. The van der Waals surface area contributed by atoms with Crippen molar-refractivity contribution in [2.45, 2.75) is 32.0 Å². The Morgan fingerprint density at radius 3 is 2.71 bits per heavy atom. The first-order valence-electron chi connectivity index (χ1n) is 16.4. The summed E-state index contributed by atoms with van der Waals surface area (Å²) in [5.41, 5.74) is 3.02. The van der Waals surface area contributed by atoms with Crippen LogP contribution in [0.1, 0.15) is 29.8 Å². The van der Waals surface area contributed by atoms with Crippen molar-refractivity contribution in [3.63, 3.8) is 0 Å². The predicted octanol–water partition coefficient (Wildman–Crippen LogP) is 6.79. The molecule has 2 aromatic carbocycles. The number of amides is 1. The summed E-state index contributed by atoms with van der Waals surface area (Å²) in [5, 5.41) is 16.8. The lowest BCUT2D eigenvalue weighted by atomic mass is 9.92. The fraction of sp³-hybridized carbons (Fsp3) is 0.324. The highest BCUT2D eigenvalue weighted by Gasteiger charge is 2.40. The van der Waals surface area contributed by atoms with Crippen LogP contribution < -0.4 is 4.74 Å². The molecule has 1 amide bonds. The van der Waals surface area contributed by atoms with Gasteiger partial charge in [-0.25, -0.2) is 13.8 Å². The molecule has 1 atom stereocenters. The maximum Gasteiger partial charge on any atom is 0.285 e. The van der Waals surface area contributed by atoms with E-state index in [9.17, 15) is 14.3 Å². The number of carbonyl (C=O) groups excluding carboxylic acids is 1. The summed E-state index contributed by atoms with van der Waals surface area (Å²) in [5.74, 6) is -5.19. The molecular weight excluding hydrogens is 686 g/mol. The lowest BCUT2D eigenvalue weighted by Crippen LogP contribution is -2.41. The number of pyridine rings is 1. The zero-order chi connectivity index (χ0) is 36.0. The number of rotatable bonds is 10. The van der Waals surface area contributed by atoms with Crippen molar-refractivity contribution in [3.05, 3.63) is 89.0 Å². The molecule has 51 heavy (non-hydrogen) atoms. The molecule has 0 fully saturated rings. The number of hydrogen-bond donors (Lipinski definition) is 1. The van der Waals surface area contributed by atoms with Crippen LogP contribution in [0, 0.1) is 11.6 Å². The highest BCUT2D eigenvalue weighted by atomic mass is 32.1. The van der Waals surface area contributed by atoms with Gasteiger partial charge in [0, 0.05) is 65.7 Å². The molecule has 2 aliphatic heterocycles. The van der Waals surface area contributed by atoms with Gasteiger partial charge in [0.1, 0.15) is 35.4 Å². The molecule has 0 unspecified atom stereocenters. The number of benzene rings is 2. The number of thiophene rings is 1. The number of halogens is 4. The number of aromatic nitrogens is 3. The van der Waals surface area contributed by atoms with Gasteiger partial charge in [0.25, 0.3) is 5.92 Å². The highest BCUT2D eigenvalue weighted by molar-refractivity contribution is 7.18. The Morgan fingerprint density at radius 2 is 1.94 bits per heavy atom. The van der Waals surface area contributed by atoms with Gasteiger partial charge >= 0.3 is 0 Å². The van der Waals surface area contributed by atoms with E-state index in [-0.39, 0.29) is 54.3 Å². The third-order valence-electron chi connectivity index (χ3n) is 9.39. The van der Waals surface area contributed by atoms with E-state index in [1.165, 1.54) is 30.6 Å². The van der Waals surface area contributed by atoms with Gasteiger partial charge in [0.2, 0.25) is 5.91 Å². The van der Waals surface area contributed by atoms with Crippen molar-refractivity contribution in [1.29, 1.82) is 0 Å². The average molecular weight is 722 g/mol. The second-order valence-electron chi connectivity index (χ2n) is 12.5. The number of hydrogen-bond acceptors (Lipinski definition) is 8. The van der Waals surface area contributed by atoms with Crippen LogP contribution >= 0.6 is 11.3 Å². The first-order chi connectivity index (χ1) is 24.5. The predicted molar refractivity (Wildman–Crippen MR) is 186 cm³/mol.